The number of hydrogen-bond acceptors (Lipinski definition) is 4. The average molecular weight is 361 g/mol. The molecule has 0 aliphatic carbocycles. The molecule has 0 bridgehead atoms. The quantitative estimate of drug-likeness (QED) is 0.622. The first-order valence-corrected chi connectivity index (χ1v) is 9.74. The van der Waals surface area contributed by atoms with Gasteiger partial charge in [-0.15, -0.1) is 0 Å². The van der Waals surface area contributed by atoms with E-state index < -0.39 is 0 Å². The van der Waals surface area contributed by atoms with Crippen molar-refractivity contribution in [2.45, 2.75) is 45.0 Å². The third-order valence-corrected chi connectivity index (χ3v) is 4.69. The maximum absolute atomic E-state index is 5.95. The summed E-state index contributed by atoms with van der Waals surface area (Å²) in [4.78, 5) is 7.09. The molecule has 6 nitrogen and oxygen atoms in total. The summed E-state index contributed by atoms with van der Waals surface area (Å²) in [6.45, 7) is 8.84. The number of para-hydroxylation sites is 1. The molecule has 26 heavy (non-hydrogen) atoms. The number of rotatable bonds is 6. The number of morpholine rings is 1. The molecule has 0 spiro atoms. The first-order chi connectivity index (χ1) is 12.8. The van der Waals surface area contributed by atoms with Crippen LogP contribution in [0.4, 0.5) is 0 Å². The fraction of sp³-hybridized carbons (Fsp3) is 0.650. The molecule has 1 aromatic rings. The number of guanidine groups is 1. The van der Waals surface area contributed by atoms with Crippen LogP contribution in [-0.4, -0.2) is 68.6 Å². The Labute approximate surface area is 156 Å². The van der Waals surface area contributed by atoms with Gasteiger partial charge in [0.1, 0.15) is 18.0 Å². The van der Waals surface area contributed by atoms with Gasteiger partial charge < -0.3 is 24.4 Å². The molecule has 0 radical (unpaired) electrons. The van der Waals surface area contributed by atoms with E-state index >= 15 is 0 Å². The van der Waals surface area contributed by atoms with Crippen molar-refractivity contribution in [3.8, 4) is 5.75 Å². The van der Waals surface area contributed by atoms with Crippen molar-refractivity contribution in [2.75, 3.05) is 39.4 Å². The highest BCUT2D eigenvalue weighted by atomic mass is 16.5. The van der Waals surface area contributed by atoms with Crippen LogP contribution in [0.25, 0.3) is 0 Å². The standard InChI is InChI=1S/C20H31N3O3/c1-3-21-20(22-14-16(2)26-17-8-5-4-6-9-17)23-11-13-25-19(15-23)18-10-7-12-24-18/h4-6,8-9,16,18-19H,3,7,10-15H2,1-2H3,(H,21,22). The Hall–Kier alpha value is -1.79. The number of hydrogen-bond donors (Lipinski definition) is 1. The van der Waals surface area contributed by atoms with Gasteiger partial charge in [0.2, 0.25) is 0 Å². The molecule has 2 saturated heterocycles. The van der Waals surface area contributed by atoms with E-state index in [2.05, 4.69) is 24.1 Å². The topological polar surface area (TPSA) is 55.3 Å². The predicted molar refractivity (Wildman–Crippen MR) is 103 cm³/mol. The Kier molecular flexibility index (Phi) is 7.14. The lowest BCUT2D eigenvalue weighted by Gasteiger charge is -2.37. The Morgan fingerprint density at radius 2 is 2.08 bits per heavy atom. The van der Waals surface area contributed by atoms with E-state index in [4.69, 9.17) is 19.2 Å². The molecule has 2 fully saturated rings. The van der Waals surface area contributed by atoms with Gasteiger partial charge in [-0.1, -0.05) is 18.2 Å². The Morgan fingerprint density at radius 1 is 1.27 bits per heavy atom. The van der Waals surface area contributed by atoms with E-state index in [1.165, 1.54) is 0 Å². The second-order valence-corrected chi connectivity index (χ2v) is 6.84. The molecule has 0 saturated carbocycles. The molecule has 2 heterocycles. The highest BCUT2D eigenvalue weighted by molar-refractivity contribution is 5.80. The fourth-order valence-electron chi connectivity index (χ4n) is 3.40. The molecule has 6 heteroatoms. The molecule has 144 valence electrons. The summed E-state index contributed by atoms with van der Waals surface area (Å²) in [6, 6.07) is 9.89. The number of benzene rings is 1. The van der Waals surface area contributed by atoms with Crippen LogP contribution in [0.1, 0.15) is 26.7 Å². The van der Waals surface area contributed by atoms with Crippen LogP contribution in [0.5, 0.6) is 5.75 Å². The van der Waals surface area contributed by atoms with Gasteiger partial charge in [-0.2, -0.15) is 0 Å². The fourth-order valence-corrected chi connectivity index (χ4v) is 3.40. The van der Waals surface area contributed by atoms with Crippen LogP contribution in [0, 0.1) is 0 Å². The molecular formula is C20H31N3O3. The molecule has 0 aromatic heterocycles. The highest BCUT2D eigenvalue weighted by Gasteiger charge is 2.32. The van der Waals surface area contributed by atoms with E-state index in [1.54, 1.807) is 0 Å². The van der Waals surface area contributed by atoms with E-state index in [-0.39, 0.29) is 18.3 Å². The number of nitrogens with one attached hydrogen (secondary N) is 1. The van der Waals surface area contributed by atoms with Crippen molar-refractivity contribution in [3.05, 3.63) is 30.3 Å². The maximum Gasteiger partial charge on any atom is 0.194 e. The lowest BCUT2D eigenvalue weighted by atomic mass is 10.1. The molecule has 1 N–H and O–H groups in total. The Morgan fingerprint density at radius 3 is 2.81 bits per heavy atom. The van der Waals surface area contributed by atoms with E-state index in [1.807, 2.05) is 30.3 Å². The molecule has 3 atom stereocenters. The van der Waals surface area contributed by atoms with Crippen LogP contribution in [0.2, 0.25) is 0 Å². The van der Waals surface area contributed by atoms with Gasteiger partial charge in [0.15, 0.2) is 5.96 Å². The van der Waals surface area contributed by atoms with Crippen molar-refractivity contribution < 1.29 is 14.2 Å². The summed E-state index contributed by atoms with van der Waals surface area (Å²) < 4.78 is 17.7. The predicted octanol–water partition coefficient (Wildman–Crippen LogP) is 2.30. The maximum atomic E-state index is 5.95. The Balaban J connectivity index is 1.57. The first-order valence-electron chi connectivity index (χ1n) is 9.74. The molecule has 1 aromatic carbocycles. The minimum atomic E-state index is 0.0149. The largest absolute Gasteiger partial charge is 0.489 e. The molecule has 2 aliphatic rings. The van der Waals surface area contributed by atoms with E-state index in [0.717, 1.165) is 50.8 Å². The lowest BCUT2D eigenvalue weighted by molar-refractivity contribution is -0.0817. The summed E-state index contributed by atoms with van der Waals surface area (Å²) in [5.41, 5.74) is 0. The monoisotopic (exact) mass is 361 g/mol. The van der Waals surface area contributed by atoms with E-state index in [0.29, 0.717) is 13.2 Å². The van der Waals surface area contributed by atoms with Gasteiger partial charge in [-0.3, -0.25) is 0 Å². The highest BCUT2D eigenvalue weighted by Crippen LogP contribution is 2.21. The molecule has 3 unspecified atom stereocenters. The van der Waals surface area contributed by atoms with Crippen LogP contribution in [0.3, 0.4) is 0 Å². The molecular weight excluding hydrogens is 330 g/mol. The number of aliphatic imine (C=N–C) groups is 1. The van der Waals surface area contributed by atoms with Crippen LogP contribution >= 0.6 is 0 Å². The third-order valence-electron chi connectivity index (χ3n) is 4.69. The molecule has 3 rings (SSSR count). The second kappa shape index (κ2) is 9.78. The second-order valence-electron chi connectivity index (χ2n) is 6.84. The summed E-state index contributed by atoms with van der Waals surface area (Å²) in [5, 5.41) is 3.41. The smallest absolute Gasteiger partial charge is 0.194 e. The van der Waals surface area contributed by atoms with Gasteiger partial charge >= 0.3 is 0 Å². The van der Waals surface area contributed by atoms with Crippen LogP contribution in [0.15, 0.2) is 35.3 Å². The van der Waals surface area contributed by atoms with Crippen LogP contribution in [-0.2, 0) is 9.47 Å². The zero-order chi connectivity index (χ0) is 18.2. The van der Waals surface area contributed by atoms with Gasteiger partial charge in [-0.25, -0.2) is 4.99 Å². The Bertz CT molecular complexity index is 561. The third kappa shape index (κ3) is 5.35. The molecule has 2 aliphatic heterocycles. The minimum absolute atomic E-state index is 0.0149. The van der Waals surface area contributed by atoms with Crippen molar-refractivity contribution in [1.29, 1.82) is 0 Å². The van der Waals surface area contributed by atoms with Gasteiger partial charge in [0, 0.05) is 26.2 Å². The van der Waals surface area contributed by atoms with Crippen molar-refractivity contribution in [3.63, 3.8) is 0 Å². The summed E-state index contributed by atoms with van der Waals surface area (Å²) in [6.07, 6.45) is 2.59. The summed E-state index contributed by atoms with van der Waals surface area (Å²) >= 11 is 0. The van der Waals surface area contributed by atoms with Crippen LogP contribution < -0.4 is 10.1 Å². The number of ether oxygens (including phenoxy) is 3. The first kappa shape index (κ1) is 19.0. The average Bonchev–Trinajstić information content (AvgIpc) is 3.21. The van der Waals surface area contributed by atoms with Crippen molar-refractivity contribution in [2.24, 2.45) is 4.99 Å². The van der Waals surface area contributed by atoms with Crippen molar-refractivity contribution in [1.82, 2.24) is 10.2 Å². The van der Waals surface area contributed by atoms with Gasteiger partial charge in [0.25, 0.3) is 0 Å². The summed E-state index contributed by atoms with van der Waals surface area (Å²) in [5.74, 6) is 1.81. The molecule has 0 amide bonds. The zero-order valence-electron chi connectivity index (χ0n) is 15.9. The van der Waals surface area contributed by atoms with Gasteiger partial charge in [0.05, 0.1) is 19.3 Å². The normalized spacial score (nSPS) is 25.2. The zero-order valence-corrected chi connectivity index (χ0v) is 15.9. The SMILES string of the molecule is CCNC(=NCC(C)Oc1ccccc1)N1CCOC(C2CCCO2)C1. The van der Waals surface area contributed by atoms with E-state index in [9.17, 15) is 0 Å². The van der Waals surface area contributed by atoms with Gasteiger partial charge in [-0.05, 0) is 38.8 Å². The minimum Gasteiger partial charge on any atom is -0.489 e. The lowest BCUT2D eigenvalue weighted by Crippen LogP contribution is -2.53. The summed E-state index contributed by atoms with van der Waals surface area (Å²) in [7, 11) is 0. The van der Waals surface area contributed by atoms with Crippen molar-refractivity contribution >= 4 is 5.96 Å². The number of nitrogens with zero attached hydrogens (tertiary/aromatic N) is 2.